The predicted octanol–water partition coefficient (Wildman–Crippen LogP) is 0.733. The molecule has 0 saturated carbocycles. The number of ether oxygens (including phenoxy) is 2. The third kappa shape index (κ3) is 17.1. The third-order valence-electron chi connectivity index (χ3n) is 1.78. The average molecular weight is 250 g/mol. The van der Waals surface area contributed by atoms with Crippen LogP contribution in [0.5, 0.6) is 0 Å². The molecule has 5 N–H and O–H groups in total. The Labute approximate surface area is 101 Å². The van der Waals surface area contributed by atoms with Crippen molar-refractivity contribution in [3.05, 3.63) is 0 Å². The number of rotatable bonds is 5. The topological polar surface area (TPSA) is 125 Å². The maximum atomic E-state index is 9.97. The molecule has 0 rings (SSSR count). The third-order valence-corrected chi connectivity index (χ3v) is 1.78. The molecular formula is C10H22N2O5. The van der Waals surface area contributed by atoms with Gasteiger partial charge in [-0.25, -0.2) is 9.59 Å². The monoisotopic (exact) mass is 250 g/mol. The van der Waals surface area contributed by atoms with Crippen molar-refractivity contribution in [3.8, 4) is 0 Å². The molecule has 0 bridgehead atoms. The van der Waals surface area contributed by atoms with Gasteiger partial charge in [-0.1, -0.05) is 13.8 Å². The van der Waals surface area contributed by atoms with Crippen LogP contribution in [0.15, 0.2) is 0 Å². The summed E-state index contributed by atoms with van der Waals surface area (Å²) in [4.78, 5) is 19.9. The molecule has 7 nitrogen and oxygen atoms in total. The standard InChI is InChI=1S/C5H11NO3.C5H11NO2/c1-2-4(7)3-9-5(6)8;1-3-4(2)8-5(6)7/h4,7H,2-3H2,1H3,(H2,6,8);4H,3H2,1-2H3,(H2,6,7). The summed E-state index contributed by atoms with van der Waals surface area (Å²) < 4.78 is 8.82. The van der Waals surface area contributed by atoms with Gasteiger partial charge in [-0.05, 0) is 19.8 Å². The highest BCUT2D eigenvalue weighted by Crippen LogP contribution is 1.93. The van der Waals surface area contributed by atoms with Crippen molar-refractivity contribution >= 4 is 12.2 Å². The van der Waals surface area contributed by atoms with E-state index in [1.54, 1.807) is 13.8 Å². The van der Waals surface area contributed by atoms with Crippen molar-refractivity contribution in [3.63, 3.8) is 0 Å². The Bertz CT molecular complexity index is 223. The molecule has 0 fully saturated rings. The Morgan fingerprint density at radius 2 is 1.71 bits per heavy atom. The molecule has 2 atom stereocenters. The molecule has 0 aliphatic carbocycles. The largest absolute Gasteiger partial charge is 0.447 e. The van der Waals surface area contributed by atoms with Crippen molar-refractivity contribution in [2.45, 2.75) is 45.8 Å². The zero-order valence-electron chi connectivity index (χ0n) is 10.5. The van der Waals surface area contributed by atoms with Gasteiger partial charge in [0.25, 0.3) is 0 Å². The van der Waals surface area contributed by atoms with E-state index >= 15 is 0 Å². The number of aliphatic hydroxyl groups is 1. The fraction of sp³-hybridized carbons (Fsp3) is 0.800. The normalized spacial score (nSPS) is 12.7. The highest BCUT2D eigenvalue weighted by atomic mass is 16.6. The summed E-state index contributed by atoms with van der Waals surface area (Å²) in [6.07, 6.45) is -0.803. The van der Waals surface area contributed by atoms with Crippen LogP contribution in [-0.4, -0.2) is 36.1 Å². The van der Waals surface area contributed by atoms with Gasteiger partial charge in [0.1, 0.15) is 12.7 Å². The van der Waals surface area contributed by atoms with Gasteiger partial charge in [0.05, 0.1) is 6.10 Å². The van der Waals surface area contributed by atoms with Crippen LogP contribution in [0.4, 0.5) is 9.59 Å². The van der Waals surface area contributed by atoms with E-state index in [2.05, 4.69) is 15.2 Å². The van der Waals surface area contributed by atoms with Gasteiger partial charge in [0, 0.05) is 0 Å². The van der Waals surface area contributed by atoms with Crippen molar-refractivity contribution in [1.82, 2.24) is 0 Å². The number of carbonyl (C=O) groups is 2. The number of carbonyl (C=O) groups excluding carboxylic acids is 2. The molecular weight excluding hydrogens is 228 g/mol. The van der Waals surface area contributed by atoms with Crippen molar-refractivity contribution in [2.75, 3.05) is 6.61 Å². The maximum Gasteiger partial charge on any atom is 0.404 e. The zero-order chi connectivity index (χ0) is 13.8. The minimum absolute atomic E-state index is 0.00810. The van der Waals surface area contributed by atoms with Crippen LogP contribution in [0.25, 0.3) is 0 Å². The van der Waals surface area contributed by atoms with Gasteiger partial charge < -0.3 is 26.0 Å². The second-order valence-electron chi connectivity index (χ2n) is 3.35. The smallest absolute Gasteiger partial charge is 0.404 e. The average Bonchev–Trinajstić information content (AvgIpc) is 2.25. The number of primary amides is 2. The lowest BCUT2D eigenvalue weighted by Gasteiger charge is -2.06. The molecule has 0 aromatic heterocycles. The zero-order valence-corrected chi connectivity index (χ0v) is 10.5. The molecule has 0 aliphatic rings. The molecule has 2 unspecified atom stereocenters. The van der Waals surface area contributed by atoms with Gasteiger partial charge in [-0.3, -0.25) is 0 Å². The lowest BCUT2D eigenvalue weighted by Crippen LogP contribution is -2.21. The summed E-state index contributed by atoms with van der Waals surface area (Å²) >= 11 is 0. The van der Waals surface area contributed by atoms with Crippen molar-refractivity contribution in [1.29, 1.82) is 0 Å². The maximum absolute atomic E-state index is 9.97. The van der Waals surface area contributed by atoms with Crippen LogP contribution >= 0.6 is 0 Å². The Hall–Kier alpha value is -1.50. The SMILES string of the molecule is CCC(C)OC(N)=O.CCC(O)COC(N)=O. The summed E-state index contributed by atoms with van der Waals surface area (Å²) in [7, 11) is 0. The molecule has 0 heterocycles. The van der Waals surface area contributed by atoms with Crippen LogP contribution in [0.1, 0.15) is 33.6 Å². The fourth-order valence-corrected chi connectivity index (χ4v) is 0.578. The molecule has 0 radical (unpaired) electrons. The van der Waals surface area contributed by atoms with Crippen LogP contribution in [0.3, 0.4) is 0 Å². The van der Waals surface area contributed by atoms with Crippen LogP contribution in [0, 0.1) is 0 Å². The van der Waals surface area contributed by atoms with Gasteiger partial charge in [0.15, 0.2) is 0 Å². The molecule has 0 aromatic rings. The number of nitrogens with two attached hydrogens (primary N) is 2. The Morgan fingerprint density at radius 3 is 1.94 bits per heavy atom. The molecule has 0 saturated heterocycles. The fourth-order valence-electron chi connectivity index (χ4n) is 0.578. The van der Waals surface area contributed by atoms with Gasteiger partial charge >= 0.3 is 12.2 Å². The first-order chi connectivity index (χ1) is 7.83. The van der Waals surface area contributed by atoms with Crippen molar-refractivity contribution < 1.29 is 24.2 Å². The second kappa shape index (κ2) is 11.0. The Morgan fingerprint density at radius 1 is 1.18 bits per heavy atom. The molecule has 0 aromatic carbocycles. The van der Waals surface area contributed by atoms with E-state index in [4.69, 9.17) is 10.8 Å². The number of amides is 2. The number of aliphatic hydroxyl groups excluding tert-OH is 1. The molecule has 17 heavy (non-hydrogen) atoms. The van der Waals surface area contributed by atoms with Gasteiger partial charge in [-0.2, -0.15) is 0 Å². The predicted molar refractivity (Wildman–Crippen MR) is 62.3 cm³/mol. The van der Waals surface area contributed by atoms with Gasteiger partial charge in [-0.15, -0.1) is 0 Å². The van der Waals surface area contributed by atoms with E-state index in [1.165, 1.54) is 0 Å². The first-order valence-electron chi connectivity index (χ1n) is 5.39. The summed E-state index contributed by atoms with van der Waals surface area (Å²) in [5.41, 5.74) is 9.33. The molecule has 2 amide bonds. The molecule has 102 valence electrons. The quantitative estimate of drug-likeness (QED) is 0.663. The summed E-state index contributed by atoms with van der Waals surface area (Å²) in [5.74, 6) is 0. The molecule has 0 aliphatic heterocycles. The van der Waals surface area contributed by atoms with Gasteiger partial charge in [0.2, 0.25) is 0 Å². The van der Waals surface area contributed by atoms with E-state index < -0.39 is 18.3 Å². The molecule has 0 spiro atoms. The number of hydrogen-bond donors (Lipinski definition) is 3. The first-order valence-corrected chi connectivity index (χ1v) is 5.39. The summed E-state index contributed by atoms with van der Waals surface area (Å²) in [5, 5.41) is 8.77. The highest BCUT2D eigenvalue weighted by molar-refractivity contribution is 5.64. The van der Waals surface area contributed by atoms with E-state index in [9.17, 15) is 9.59 Å². The van der Waals surface area contributed by atoms with Crippen LogP contribution < -0.4 is 11.5 Å². The first kappa shape index (κ1) is 17.9. The number of hydrogen-bond acceptors (Lipinski definition) is 5. The second-order valence-corrected chi connectivity index (χ2v) is 3.35. The minimum atomic E-state index is -0.845. The summed E-state index contributed by atoms with van der Waals surface area (Å²) in [6, 6.07) is 0. The van der Waals surface area contributed by atoms with E-state index in [0.717, 1.165) is 6.42 Å². The van der Waals surface area contributed by atoms with E-state index in [0.29, 0.717) is 6.42 Å². The lowest BCUT2D eigenvalue weighted by atomic mass is 10.3. The highest BCUT2D eigenvalue weighted by Gasteiger charge is 2.01. The van der Waals surface area contributed by atoms with Crippen LogP contribution in [0.2, 0.25) is 0 Å². The Balaban J connectivity index is 0. The minimum Gasteiger partial charge on any atom is -0.447 e. The van der Waals surface area contributed by atoms with E-state index in [1.807, 2.05) is 6.92 Å². The van der Waals surface area contributed by atoms with Crippen LogP contribution in [-0.2, 0) is 9.47 Å². The van der Waals surface area contributed by atoms with E-state index in [-0.39, 0.29) is 12.7 Å². The molecule has 7 heteroatoms. The lowest BCUT2D eigenvalue weighted by molar-refractivity contribution is 0.0709. The summed E-state index contributed by atoms with van der Waals surface area (Å²) in [6.45, 7) is 5.50. The van der Waals surface area contributed by atoms with Crippen molar-refractivity contribution in [2.24, 2.45) is 11.5 Å². The Kier molecular flexibility index (Phi) is 11.6.